The van der Waals surface area contributed by atoms with Gasteiger partial charge >= 0.3 is 5.97 Å². The molecule has 1 fully saturated rings. The van der Waals surface area contributed by atoms with Gasteiger partial charge in [0.1, 0.15) is 5.75 Å². The third-order valence-electron chi connectivity index (χ3n) is 20.8. The summed E-state index contributed by atoms with van der Waals surface area (Å²) < 4.78 is 15.9. The zero-order valence-electron chi connectivity index (χ0n) is 87.8. The molecule has 0 N–H and O–H groups in total. The summed E-state index contributed by atoms with van der Waals surface area (Å²) in [6, 6.07) is 77.7. The van der Waals surface area contributed by atoms with Crippen LogP contribution in [0.15, 0.2) is 242 Å². The molecule has 1 aliphatic carbocycles. The molecule has 10 aromatic rings. The van der Waals surface area contributed by atoms with Crippen LogP contribution < -0.4 is 14.2 Å². The lowest BCUT2D eigenvalue weighted by Gasteiger charge is -2.25. The largest absolute Gasteiger partial charge is 0.494 e. The Balaban J connectivity index is 0.000000484. The van der Waals surface area contributed by atoms with Crippen LogP contribution in [0.4, 0.5) is 0 Å². The van der Waals surface area contributed by atoms with Crippen molar-refractivity contribution in [1.29, 1.82) is 0 Å². The summed E-state index contributed by atoms with van der Waals surface area (Å²) in [5.74, 6) is 2.76. The standard InChI is InChI=1S/2C15H18.C14H20O3.C13H18.C12H18O.C12H24.C12H18.C11H17N.C9H14S.C9H20/c1-15(2,3)11-13-9-6-8-12-7-4-5-10-14(12)13;1-15(2,3)11-12-8-9-13-6-4-5-7-14(13)10-12;1-10(15)17-13-8-11(9-14(2,3)4)6-7-12(13)16-5;1-13(2,3)11-7-10-12-8-5-4-6-9-12;1-12(2,3)9-10-13-11-7-5-4-6-8-11;2*1-12(2,3)10-9-11-7-5-4-6-8-11;1-11(2,3)8-7-10-6-4-5-9-12-10;1-9(2,3)7-8-5-4-6-10-8;1-5-6-7-8-9(2,3)4/h2*4-10H,11H2,1-3H3;6-8H,9H2,1-5H3;4-10H,11H2,1-3H3;4-8H,9-10H2,1-3H3;11H,4-10H2,1-3H3;4-8H,9-10H2,1-3H3;4-6,9H,7-8H2,1-3H3;4-6H,7H2,1-3H3;5-8H2,1-4H3/b;;;10-7+;;;;;;. The molecule has 0 unspecified atom stereocenters. The van der Waals surface area contributed by atoms with E-state index in [0.29, 0.717) is 60.2 Å². The fourth-order valence-electron chi connectivity index (χ4n) is 13.9. The molecular weight excluding hydrogens is 1580 g/mol. The van der Waals surface area contributed by atoms with Gasteiger partial charge in [-0.2, -0.15) is 0 Å². The van der Waals surface area contributed by atoms with Crippen LogP contribution >= 0.6 is 11.3 Å². The van der Waals surface area contributed by atoms with Crippen LogP contribution in [-0.4, -0.2) is 24.7 Å². The van der Waals surface area contributed by atoms with Crippen LogP contribution in [0.2, 0.25) is 0 Å². The minimum atomic E-state index is -0.337. The van der Waals surface area contributed by atoms with Crippen LogP contribution in [-0.2, 0) is 43.3 Å². The highest BCUT2D eigenvalue weighted by atomic mass is 32.1. The number of ether oxygens (including phenoxy) is 3. The van der Waals surface area contributed by atoms with Crippen molar-refractivity contribution in [3.63, 3.8) is 0 Å². The van der Waals surface area contributed by atoms with E-state index < -0.39 is 0 Å². The monoisotopic (exact) mass is 1760 g/mol. The van der Waals surface area contributed by atoms with Crippen LogP contribution in [0, 0.1) is 60.1 Å². The van der Waals surface area contributed by atoms with Crippen molar-refractivity contribution >= 4 is 44.9 Å². The molecule has 0 bridgehead atoms. The van der Waals surface area contributed by atoms with E-state index in [0.717, 1.165) is 62.4 Å². The van der Waals surface area contributed by atoms with Crippen molar-refractivity contribution < 1.29 is 19.0 Å². The average molecular weight is 1760 g/mol. The molecule has 128 heavy (non-hydrogen) atoms. The minimum absolute atomic E-state index is 0.197. The number of carbonyl (C=O) groups is 1. The second-order valence-electron chi connectivity index (χ2n) is 47.5. The summed E-state index contributed by atoms with van der Waals surface area (Å²) in [4.78, 5) is 16.8. The number of allylic oxidation sites excluding steroid dienone is 1. The maximum Gasteiger partial charge on any atom is 0.308 e. The normalized spacial score (nSPS) is 12.6. The number of para-hydroxylation sites is 1. The summed E-state index contributed by atoms with van der Waals surface area (Å²) in [6.45, 7) is 72.5. The van der Waals surface area contributed by atoms with Gasteiger partial charge in [-0.15, -0.1) is 11.3 Å². The van der Waals surface area contributed by atoms with E-state index >= 15 is 0 Å². The van der Waals surface area contributed by atoms with Gasteiger partial charge in [0, 0.05) is 23.7 Å². The van der Waals surface area contributed by atoms with Gasteiger partial charge in [-0.25, -0.2) is 0 Å². The Morgan fingerprint density at radius 3 is 1.40 bits per heavy atom. The number of methoxy groups -OCH3 is 1. The predicted molar refractivity (Wildman–Crippen MR) is 570 cm³/mol. The summed E-state index contributed by atoms with van der Waals surface area (Å²) in [5, 5.41) is 7.56. The summed E-state index contributed by atoms with van der Waals surface area (Å²) in [7, 11) is 1.56. The van der Waals surface area contributed by atoms with E-state index in [-0.39, 0.29) is 11.4 Å². The number of aromatic nitrogens is 1. The van der Waals surface area contributed by atoms with Gasteiger partial charge in [0.15, 0.2) is 11.5 Å². The highest BCUT2D eigenvalue weighted by Gasteiger charge is 2.21. The first-order valence-corrected chi connectivity index (χ1v) is 49.5. The van der Waals surface area contributed by atoms with Crippen molar-refractivity contribution in [2.75, 3.05) is 13.7 Å². The van der Waals surface area contributed by atoms with Crippen molar-refractivity contribution in [3.05, 3.63) is 280 Å². The molecule has 8 aromatic carbocycles. The number of rotatable bonds is 20. The van der Waals surface area contributed by atoms with Crippen LogP contribution in [0.25, 0.3) is 27.6 Å². The zero-order chi connectivity index (χ0) is 96.3. The van der Waals surface area contributed by atoms with Crippen molar-refractivity contribution in [1.82, 2.24) is 4.98 Å². The third-order valence-corrected chi connectivity index (χ3v) is 21.7. The van der Waals surface area contributed by atoms with Gasteiger partial charge in [-0.1, -0.05) is 460 Å². The number of pyridine rings is 1. The number of fused-ring (bicyclic) bond motifs is 2. The topological polar surface area (TPSA) is 57.6 Å². The Morgan fingerprint density at radius 1 is 0.406 bits per heavy atom. The fourth-order valence-corrected chi connectivity index (χ4v) is 14.9. The molecule has 0 spiro atoms. The Hall–Kier alpha value is -8.06. The number of thiophene rings is 1. The molecule has 2 heterocycles. The van der Waals surface area contributed by atoms with E-state index in [4.69, 9.17) is 14.2 Å². The molecule has 0 amide bonds. The molecule has 0 atom stereocenters. The Kier molecular flexibility index (Phi) is 53.2. The quantitative estimate of drug-likeness (QED) is 0.0432. The van der Waals surface area contributed by atoms with E-state index in [1.165, 1.54) is 158 Å². The van der Waals surface area contributed by atoms with E-state index in [1.54, 1.807) is 7.11 Å². The van der Waals surface area contributed by atoms with Gasteiger partial charge < -0.3 is 14.2 Å². The van der Waals surface area contributed by atoms with E-state index in [1.807, 2.05) is 84.3 Å². The van der Waals surface area contributed by atoms with E-state index in [9.17, 15) is 4.79 Å². The van der Waals surface area contributed by atoms with Crippen LogP contribution in [0.5, 0.6) is 17.2 Å². The van der Waals surface area contributed by atoms with Gasteiger partial charge in [0.25, 0.3) is 0 Å². The smallest absolute Gasteiger partial charge is 0.308 e. The molecule has 0 radical (unpaired) electrons. The Morgan fingerprint density at radius 2 is 0.898 bits per heavy atom. The van der Waals surface area contributed by atoms with Gasteiger partial charge in [0.2, 0.25) is 0 Å². The SMILES string of the molecule is CC(C)(C)C/C=C/c1ccccc1.CC(C)(C)CCC1CCCCC1.CC(C)(C)CCOc1ccccc1.CC(C)(C)CCc1ccccc1.CC(C)(C)CCc1ccccn1.CC(C)(C)Cc1ccc2ccccc2c1.CC(C)(C)Cc1cccc2ccccc12.CC(C)(C)Cc1cccs1.CCCCCC(C)(C)C.COc1ccc(CC(C)(C)C)cc1OC(C)=O. The molecule has 6 heteroatoms. The molecule has 5 nitrogen and oxygen atoms in total. The van der Waals surface area contributed by atoms with Crippen LogP contribution in [0.1, 0.15) is 356 Å². The molecule has 1 aliphatic rings. The number of hydrogen-bond acceptors (Lipinski definition) is 6. The molecule has 0 saturated heterocycles. The summed E-state index contributed by atoms with van der Waals surface area (Å²) in [6.07, 6.45) is 33.6. The van der Waals surface area contributed by atoms with Crippen molar-refractivity contribution in [2.45, 2.75) is 356 Å². The Bertz CT molecular complexity index is 4430. The maximum atomic E-state index is 11.0. The maximum absolute atomic E-state index is 11.0. The first kappa shape index (κ1) is 116. The molecular formula is C122H185NO4S. The number of benzene rings is 8. The lowest BCUT2D eigenvalue weighted by Crippen LogP contribution is -2.11. The first-order valence-electron chi connectivity index (χ1n) is 48.6. The van der Waals surface area contributed by atoms with Gasteiger partial charge in [-0.3, -0.25) is 9.78 Å². The molecule has 2 aromatic heterocycles. The number of hydrogen-bond donors (Lipinski definition) is 0. The van der Waals surface area contributed by atoms with Gasteiger partial charge in [0.05, 0.1) is 13.7 Å². The van der Waals surface area contributed by atoms with Crippen LogP contribution in [0.3, 0.4) is 0 Å². The summed E-state index contributed by atoms with van der Waals surface area (Å²) in [5.41, 5.74) is 12.0. The van der Waals surface area contributed by atoms with Crippen molar-refractivity contribution in [3.8, 4) is 17.2 Å². The molecule has 708 valence electrons. The number of carbonyl (C=O) groups excluding carboxylic acids is 1. The van der Waals surface area contributed by atoms with Crippen molar-refractivity contribution in [2.24, 2.45) is 60.1 Å². The predicted octanol–water partition coefficient (Wildman–Crippen LogP) is 37.8. The lowest BCUT2D eigenvalue weighted by molar-refractivity contribution is -0.132. The average Bonchev–Trinajstić information content (AvgIpc) is 0.844. The third kappa shape index (κ3) is 65.5. The highest BCUT2D eigenvalue weighted by molar-refractivity contribution is 7.09. The second kappa shape index (κ2) is 58.7. The minimum Gasteiger partial charge on any atom is -0.494 e. The fraction of sp³-hybridized carbons (Fsp3) is 0.541. The summed E-state index contributed by atoms with van der Waals surface area (Å²) >= 11 is 1.85. The van der Waals surface area contributed by atoms with Gasteiger partial charge in [-0.05, 0) is 241 Å². The number of nitrogens with zero attached hydrogens (tertiary/aromatic N) is 1. The number of aryl methyl sites for hydroxylation is 2. The molecule has 0 aliphatic heterocycles. The zero-order valence-corrected chi connectivity index (χ0v) is 88.6. The first-order chi connectivity index (χ1) is 59.5. The second-order valence-corrected chi connectivity index (χ2v) is 48.6. The molecule has 11 rings (SSSR count). The Labute approximate surface area is 791 Å². The highest BCUT2D eigenvalue weighted by Crippen LogP contribution is 2.35. The lowest BCUT2D eigenvalue weighted by atomic mass is 9.81. The molecule has 1 saturated carbocycles. The van der Waals surface area contributed by atoms with E-state index in [2.05, 4.69) is 395 Å². The number of unbranched alkanes of at least 4 members (excludes halogenated alkanes) is 2. The number of esters is 1.